The van der Waals surface area contributed by atoms with E-state index in [1.807, 2.05) is 0 Å². The molecule has 1 aromatic rings. The zero-order chi connectivity index (χ0) is 13.7. The van der Waals surface area contributed by atoms with Gasteiger partial charge in [0.25, 0.3) is 0 Å². The quantitative estimate of drug-likeness (QED) is 0.850. The van der Waals surface area contributed by atoms with E-state index in [1.165, 1.54) is 18.4 Å². The van der Waals surface area contributed by atoms with Gasteiger partial charge in [-0.05, 0) is 31.5 Å². The van der Waals surface area contributed by atoms with Crippen LogP contribution in [0.2, 0.25) is 0 Å². The smallest absolute Gasteiger partial charge is 0.0763 e. The summed E-state index contributed by atoms with van der Waals surface area (Å²) in [6.07, 6.45) is 4.48. The van der Waals surface area contributed by atoms with Gasteiger partial charge in [-0.3, -0.25) is 0 Å². The predicted molar refractivity (Wildman–Crippen MR) is 80.4 cm³/mol. The lowest BCUT2D eigenvalue weighted by atomic mass is 9.74. The molecule has 1 atom stereocenters. The highest BCUT2D eigenvalue weighted by Crippen LogP contribution is 2.44. The molecule has 1 aliphatic carbocycles. The van der Waals surface area contributed by atoms with Crippen LogP contribution in [0.4, 0.5) is 0 Å². The van der Waals surface area contributed by atoms with Crippen molar-refractivity contribution < 1.29 is 5.11 Å². The van der Waals surface area contributed by atoms with Crippen molar-refractivity contribution >= 4 is 0 Å². The molecule has 0 unspecified atom stereocenters. The van der Waals surface area contributed by atoms with Gasteiger partial charge in [-0.1, -0.05) is 57.0 Å². The first-order valence-electron chi connectivity index (χ1n) is 7.69. The minimum Gasteiger partial charge on any atom is -0.391 e. The fraction of sp³-hybridized carbons (Fsp3) is 0.647. The molecule has 1 fully saturated rings. The molecule has 2 heteroatoms. The second kappa shape index (κ2) is 6.53. The predicted octanol–water partition coefficient (Wildman–Crippen LogP) is 3.20. The molecule has 0 aromatic heterocycles. The second-order valence-electron chi connectivity index (χ2n) is 5.73. The maximum atomic E-state index is 10.8. The average Bonchev–Trinajstić information content (AvgIpc) is 2.96. The van der Waals surface area contributed by atoms with Crippen molar-refractivity contribution in [3.63, 3.8) is 0 Å². The van der Waals surface area contributed by atoms with Gasteiger partial charge in [0.05, 0.1) is 6.10 Å². The highest BCUT2D eigenvalue weighted by atomic mass is 16.3. The van der Waals surface area contributed by atoms with Crippen LogP contribution in [0.1, 0.15) is 45.1 Å². The molecule has 1 aromatic carbocycles. The van der Waals surface area contributed by atoms with E-state index in [9.17, 15) is 5.11 Å². The number of likely N-dealkylation sites (N-methyl/N-ethyl adjacent to an activating group) is 1. The lowest BCUT2D eigenvalue weighted by Crippen LogP contribution is -2.45. The minimum absolute atomic E-state index is 0.0101. The maximum Gasteiger partial charge on any atom is 0.0763 e. The van der Waals surface area contributed by atoms with E-state index in [0.717, 1.165) is 32.5 Å². The van der Waals surface area contributed by atoms with Crippen LogP contribution in [0.15, 0.2) is 30.3 Å². The van der Waals surface area contributed by atoms with Crippen LogP contribution in [0.25, 0.3) is 0 Å². The Labute approximate surface area is 117 Å². The summed E-state index contributed by atoms with van der Waals surface area (Å²) in [7, 11) is 0. The Morgan fingerprint density at radius 1 is 1.11 bits per heavy atom. The van der Waals surface area contributed by atoms with Gasteiger partial charge in [0, 0.05) is 12.0 Å². The number of benzene rings is 1. The van der Waals surface area contributed by atoms with Gasteiger partial charge >= 0.3 is 0 Å². The van der Waals surface area contributed by atoms with Gasteiger partial charge in [0.1, 0.15) is 0 Å². The molecule has 2 nitrogen and oxygen atoms in total. The molecular formula is C17H27NO. The van der Waals surface area contributed by atoms with E-state index in [-0.39, 0.29) is 11.5 Å². The van der Waals surface area contributed by atoms with Gasteiger partial charge in [-0.15, -0.1) is 0 Å². The standard InChI is InChI=1S/C17H27NO/c1-3-18(4-2)14-16(19)17(12-8-9-13-17)15-10-6-5-7-11-15/h5-7,10-11,16,19H,3-4,8-9,12-14H2,1-2H3/t16-/m1/s1. The summed E-state index contributed by atoms with van der Waals surface area (Å²) < 4.78 is 0. The lowest BCUT2D eigenvalue weighted by Gasteiger charge is -2.37. The minimum atomic E-state index is -0.253. The first-order chi connectivity index (χ1) is 9.23. The van der Waals surface area contributed by atoms with Crippen molar-refractivity contribution in [3.8, 4) is 0 Å². The summed E-state index contributed by atoms with van der Waals surface area (Å²) in [6, 6.07) is 10.6. The molecule has 0 bridgehead atoms. The Bertz CT molecular complexity index is 366. The SMILES string of the molecule is CCN(CC)C[C@@H](O)C1(c2ccccc2)CCCC1. The van der Waals surface area contributed by atoms with Crippen LogP contribution in [0.3, 0.4) is 0 Å². The molecule has 0 aliphatic heterocycles. The van der Waals surface area contributed by atoms with E-state index in [2.05, 4.69) is 49.1 Å². The molecule has 0 amide bonds. The molecule has 0 saturated heterocycles. The van der Waals surface area contributed by atoms with Crippen molar-refractivity contribution in [2.45, 2.75) is 51.0 Å². The van der Waals surface area contributed by atoms with Crippen molar-refractivity contribution in [1.29, 1.82) is 0 Å². The van der Waals surface area contributed by atoms with Crippen LogP contribution in [-0.2, 0) is 5.41 Å². The highest BCUT2D eigenvalue weighted by molar-refractivity contribution is 5.28. The van der Waals surface area contributed by atoms with Gasteiger partial charge in [-0.2, -0.15) is 0 Å². The van der Waals surface area contributed by atoms with Gasteiger partial charge < -0.3 is 10.0 Å². The van der Waals surface area contributed by atoms with Gasteiger partial charge in [0.15, 0.2) is 0 Å². The van der Waals surface area contributed by atoms with Crippen LogP contribution in [-0.4, -0.2) is 35.7 Å². The Balaban J connectivity index is 2.20. The lowest BCUT2D eigenvalue weighted by molar-refractivity contribution is 0.0472. The second-order valence-corrected chi connectivity index (χ2v) is 5.73. The van der Waals surface area contributed by atoms with E-state index >= 15 is 0 Å². The van der Waals surface area contributed by atoms with Gasteiger partial charge in [-0.25, -0.2) is 0 Å². The fourth-order valence-corrected chi connectivity index (χ4v) is 3.49. The Hall–Kier alpha value is -0.860. The molecular weight excluding hydrogens is 234 g/mol. The number of aliphatic hydroxyl groups excluding tert-OH is 1. The molecule has 0 heterocycles. The van der Waals surface area contributed by atoms with Crippen molar-refractivity contribution in [2.24, 2.45) is 0 Å². The normalized spacial score (nSPS) is 19.8. The summed E-state index contributed by atoms with van der Waals surface area (Å²) in [6.45, 7) is 7.15. The monoisotopic (exact) mass is 261 g/mol. The van der Waals surface area contributed by atoms with Crippen molar-refractivity contribution in [2.75, 3.05) is 19.6 Å². The third-order valence-corrected chi connectivity index (χ3v) is 4.81. The summed E-state index contributed by atoms with van der Waals surface area (Å²) in [4.78, 5) is 2.33. The van der Waals surface area contributed by atoms with Crippen LogP contribution in [0, 0.1) is 0 Å². The van der Waals surface area contributed by atoms with Crippen molar-refractivity contribution in [3.05, 3.63) is 35.9 Å². The first-order valence-corrected chi connectivity index (χ1v) is 7.69. The van der Waals surface area contributed by atoms with E-state index in [0.29, 0.717) is 0 Å². The summed E-state index contributed by atoms with van der Waals surface area (Å²) >= 11 is 0. The summed E-state index contributed by atoms with van der Waals surface area (Å²) in [5.74, 6) is 0. The number of nitrogens with zero attached hydrogens (tertiary/aromatic N) is 1. The summed E-state index contributed by atoms with van der Waals surface area (Å²) in [5, 5.41) is 10.8. The topological polar surface area (TPSA) is 23.5 Å². The molecule has 0 radical (unpaired) electrons. The van der Waals surface area contributed by atoms with Crippen LogP contribution in [0.5, 0.6) is 0 Å². The molecule has 1 aliphatic rings. The zero-order valence-corrected chi connectivity index (χ0v) is 12.3. The number of rotatable bonds is 6. The van der Waals surface area contributed by atoms with Crippen LogP contribution < -0.4 is 0 Å². The number of hydrogen-bond acceptors (Lipinski definition) is 2. The van der Waals surface area contributed by atoms with Gasteiger partial charge in [0.2, 0.25) is 0 Å². The molecule has 0 spiro atoms. The average molecular weight is 261 g/mol. The number of aliphatic hydroxyl groups is 1. The maximum absolute atomic E-state index is 10.8. The Morgan fingerprint density at radius 3 is 2.21 bits per heavy atom. The Kier molecular flexibility index (Phi) is 5.00. The highest BCUT2D eigenvalue weighted by Gasteiger charge is 2.42. The largest absolute Gasteiger partial charge is 0.391 e. The number of hydrogen-bond donors (Lipinski definition) is 1. The molecule has 1 saturated carbocycles. The van der Waals surface area contributed by atoms with E-state index in [1.54, 1.807) is 0 Å². The van der Waals surface area contributed by atoms with E-state index in [4.69, 9.17) is 0 Å². The molecule has 19 heavy (non-hydrogen) atoms. The fourth-order valence-electron chi connectivity index (χ4n) is 3.49. The first kappa shape index (κ1) is 14.5. The molecule has 2 rings (SSSR count). The zero-order valence-electron chi connectivity index (χ0n) is 12.3. The van der Waals surface area contributed by atoms with Crippen molar-refractivity contribution in [1.82, 2.24) is 4.90 Å². The summed E-state index contributed by atoms with van der Waals surface area (Å²) in [5.41, 5.74) is 1.32. The van der Waals surface area contributed by atoms with E-state index < -0.39 is 0 Å². The third kappa shape index (κ3) is 3.01. The van der Waals surface area contributed by atoms with Crippen LogP contribution >= 0.6 is 0 Å². The third-order valence-electron chi connectivity index (χ3n) is 4.81. The molecule has 106 valence electrons. The Morgan fingerprint density at radius 2 is 1.68 bits per heavy atom. The molecule has 1 N–H and O–H groups in total.